The van der Waals surface area contributed by atoms with Gasteiger partial charge in [0.15, 0.2) is 0 Å². The third-order valence-corrected chi connectivity index (χ3v) is 3.71. The summed E-state index contributed by atoms with van der Waals surface area (Å²) in [6, 6.07) is 8.20. The number of carbonyl (C=O) groups excluding carboxylic acids is 2. The number of benzene rings is 1. The van der Waals surface area contributed by atoms with Crippen LogP contribution in [0.5, 0.6) is 0 Å². The lowest BCUT2D eigenvalue weighted by Gasteiger charge is -2.09. The Morgan fingerprint density at radius 1 is 1.27 bits per heavy atom. The summed E-state index contributed by atoms with van der Waals surface area (Å²) in [7, 11) is 0. The number of amides is 2. The summed E-state index contributed by atoms with van der Waals surface area (Å²) in [4.78, 5) is 28.7. The second kappa shape index (κ2) is 6.17. The summed E-state index contributed by atoms with van der Waals surface area (Å²) in [6.07, 6.45) is 1.81. The van der Waals surface area contributed by atoms with Crippen molar-refractivity contribution in [2.75, 3.05) is 6.54 Å². The second-order valence-corrected chi connectivity index (χ2v) is 5.76. The van der Waals surface area contributed by atoms with Gasteiger partial charge in [0.25, 0.3) is 5.91 Å². The van der Waals surface area contributed by atoms with E-state index < -0.39 is 6.10 Å². The number of hydrogen-bond donors (Lipinski definition) is 2. The van der Waals surface area contributed by atoms with Gasteiger partial charge in [-0.15, -0.1) is 0 Å². The van der Waals surface area contributed by atoms with Gasteiger partial charge in [-0.25, -0.2) is 0 Å². The van der Waals surface area contributed by atoms with Crippen LogP contribution in [0.4, 0.5) is 0 Å². The van der Waals surface area contributed by atoms with Crippen LogP contribution in [0.15, 0.2) is 29.4 Å². The maximum Gasteiger partial charge on any atom is 0.264 e. The normalized spacial score (nSPS) is 20.0. The van der Waals surface area contributed by atoms with Gasteiger partial charge in [0.2, 0.25) is 12.0 Å². The summed E-state index contributed by atoms with van der Waals surface area (Å²) < 4.78 is 0. The van der Waals surface area contributed by atoms with Crippen LogP contribution in [-0.4, -0.2) is 36.2 Å². The van der Waals surface area contributed by atoms with E-state index in [1.807, 2.05) is 31.2 Å². The van der Waals surface area contributed by atoms with Crippen molar-refractivity contribution in [3.8, 4) is 0 Å². The van der Waals surface area contributed by atoms with Crippen molar-refractivity contribution in [2.24, 2.45) is 5.16 Å². The summed E-state index contributed by atoms with van der Waals surface area (Å²) in [5, 5.41) is 9.38. The van der Waals surface area contributed by atoms with Crippen molar-refractivity contribution in [1.82, 2.24) is 10.6 Å². The first-order chi connectivity index (χ1) is 10.6. The van der Waals surface area contributed by atoms with E-state index in [4.69, 9.17) is 4.84 Å². The fourth-order valence-electron chi connectivity index (χ4n) is 2.22. The summed E-state index contributed by atoms with van der Waals surface area (Å²) in [5.41, 5.74) is 2.87. The molecule has 0 radical (unpaired) electrons. The molecule has 0 aromatic heterocycles. The molecule has 0 bridgehead atoms. The highest BCUT2D eigenvalue weighted by atomic mass is 16.6. The van der Waals surface area contributed by atoms with E-state index in [0.29, 0.717) is 12.5 Å². The average Bonchev–Trinajstić information content (AvgIpc) is 3.18. The first-order valence-electron chi connectivity index (χ1n) is 7.48. The molecule has 1 heterocycles. The highest BCUT2D eigenvalue weighted by Gasteiger charge is 2.29. The molecule has 3 rings (SSSR count). The molecule has 22 heavy (non-hydrogen) atoms. The fourth-order valence-corrected chi connectivity index (χ4v) is 2.22. The number of hydrogen-bond acceptors (Lipinski definition) is 4. The molecular formula is C16H19N3O3. The smallest absolute Gasteiger partial charge is 0.264 e. The predicted octanol–water partition coefficient (Wildman–Crippen LogP) is 0.883. The van der Waals surface area contributed by atoms with Gasteiger partial charge in [0.05, 0.1) is 12.3 Å². The van der Waals surface area contributed by atoms with E-state index in [1.54, 1.807) is 0 Å². The van der Waals surface area contributed by atoms with Gasteiger partial charge in [-0.2, -0.15) is 0 Å². The first kappa shape index (κ1) is 14.6. The molecule has 0 saturated heterocycles. The summed E-state index contributed by atoms with van der Waals surface area (Å²) in [5.74, 6) is -0.467. The molecule has 2 N–H and O–H groups in total. The Morgan fingerprint density at radius 2 is 2.00 bits per heavy atom. The van der Waals surface area contributed by atoms with Crippen molar-refractivity contribution in [2.45, 2.75) is 38.3 Å². The van der Waals surface area contributed by atoms with Crippen molar-refractivity contribution in [3.63, 3.8) is 0 Å². The monoisotopic (exact) mass is 301 g/mol. The lowest BCUT2D eigenvalue weighted by atomic mass is 10.0. The summed E-state index contributed by atoms with van der Waals surface area (Å²) >= 11 is 0. The molecule has 116 valence electrons. The van der Waals surface area contributed by atoms with E-state index in [1.165, 1.54) is 5.56 Å². The first-order valence-corrected chi connectivity index (χ1v) is 7.48. The highest BCUT2D eigenvalue weighted by Crippen LogP contribution is 2.18. The Hall–Kier alpha value is -2.37. The molecule has 1 fully saturated rings. The van der Waals surface area contributed by atoms with Crippen LogP contribution in [0.25, 0.3) is 0 Å². The van der Waals surface area contributed by atoms with Gasteiger partial charge in [0.1, 0.15) is 0 Å². The van der Waals surface area contributed by atoms with E-state index in [2.05, 4.69) is 15.8 Å². The zero-order chi connectivity index (χ0) is 15.5. The molecular weight excluding hydrogens is 282 g/mol. The van der Waals surface area contributed by atoms with Gasteiger partial charge >= 0.3 is 0 Å². The molecule has 0 spiro atoms. The largest absolute Gasteiger partial charge is 0.382 e. The minimum Gasteiger partial charge on any atom is -0.382 e. The molecule has 6 heteroatoms. The van der Waals surface area contributed by atoms with Crippen LogP contribution in [0.1, 0.15) is 30.4 Å². The van der Waals surface area contributed by atoms with Gasteiger partial charge in [-0.05, 0) is 25.3 Å². The topological polar surface area (TPSA) is 79.8 Å². The average molecular weight is 301 g/mol. The van der Waals surface area contributed by atoms with Crippen molar-refractivity contribution < 1.29 is 14.4 Å². The molecule has 1 aliphatic carbocycles. The number of rotatable bonds is 5. The van der Waals surface area contributed by atoms with Gasteiger partial charge in [0, 0.05) is 12.5 Å². The molecule has 2 amide bonds. The lowest BCUT2D eigenvalue weighted by Crippen LogP contribution is -2.42. The lowest BCUT2D eigenvalue weighted by molar-refractivity contribution is -0.133. The zero-order valence-corrected chi connectivity index (χ0v) is 12.5. The third kappa shape index (κ3) is 3.63. The molecule has 6 nitrogen and oxygen atoms in total. The van der Waals surface area contributed by atoms with Crippen molar-refractivity contribution in [3.05, 3.63) is 35.4 Å². The molecule has 1 aliphatic heterocycles. The molecule has 1 saturated carbocycles. The number of nitrogens with zero attached hydrogens (tertiary/aromatic N) is 1. The van der Waals surface area contributed by atoms with Gasteiger partial charge in [-0.3, -0.25) is 9.59 Å². The van der Waals surface area contributed by atoms with Crippen LogP contribution in [-0.2, 0) is 14.4 Å². The highest BCUT2D eigenvalue weighted by molar-refractivity contribution is 6.04. The molecule has 1 atom stereocenters. The Kier molecular flexibility index (Phi) is 4.09. The SMILES string of the molecule is Cc1ccc(C2=NO[C@@H](C(=O)NCC(=O)NC3CC3)C2)cc1. The number of oxime groups is 1. The molecule has 1 aromatic carbocycles. The summed E-state index contributed by atoms with van der Waals surface area (Å²) in [6.45, 7) is 1.99. The number of nitrogens with one attached hydrogen (secondary N) is 2. The van der Waals surface area contributed by atoms with Crippen LogP contribution < -0.4 is 10.6 Å². The maximum atomic E-state index is 12.0. The zero-order valence-electron chi connectivity index (χ0n) is 12.5. The van der Waals surface area contributed by atoms with E-state index in [-0.39, 0.29) is 18.4 Å². The Bertz CT molecular complexity index is 606. The third-order valence-electron chi connectivity index (χ3n) is 3.71. The second-order valence-electron chi connectivity index (χ2n) is 5.76. The predicted molar refractivity (Wildman–Crippen MR) is 81.4 cm³/mol. The quantitative estimate of drug-likeness (QED) is 0.847. The van der Waals surface area contributed by atoms with E-state index in [0.717, 1.165) is 24.1 Å². The Morgan fingerprint density at radius 3 is 2.68 bits per heavy atom. The minimum atomic E-state index is -0.662. The van der Waals surface area contributed by atoms with Crippen LogP contribution >= 0.6 is 0 Å². The van der Waals surface area contributed by atoms with Gasteiger partial charge in [-0.1, -0.05) is 35.0 Å². The van der Waals surface area contributed by atoms with E-state index in [9.17, 15) is 9.59 Å². The maximum absolute atomic E-state index is 12.0. The molecule has 0 unspecified atom stereocenters. The van der Waals surface area contributed by atoms with Crippen molar-refractivity contribution >= 4 is 17.5 Å². The van der Waals surface area contributed by atoms with Crippen LogP contribution in [0.3, 0.4) is 0 Å². The number of carbonyl (C=O) groups is 2. The number of aryl methyl sites for hydroxylation is 1. The van der Waals surface area contributed by atoms with Crippen molar-refractivity contribution in [1.29, 1.82) is 0 Å². The van der Waals surface area contributed by atoms with Crippen LogP contribution in [0, 0.1) is 6.92 Å². The Balaban J connectivity index is 1.47. The van der Waals surface area contributed by atoms with Crippen LogP contribution in [0.2, 0.25) is 0 Å². The standard InChI is InChI=1S/C16H19N3O3/c1-10-2-4-11(5-3-10)13-8-14(22-19-13)16(21)17-9-15(20)18-12-6-7-12/h2-5,12,14H,6-9H2,1H3,(H,17,21)(H,18,20)/t14-/m1/s1. The van der Waals surface area contributed by atoms with Gasteiger partial charge < -0.3 is 15.5 Å². The molecule has 1 aromatic rings. The Labute approximate surface area is 128 Å². The van der Waals surface area contributed by atoms with E-state index >= 15 is 0 Å². The molecule has 2 aliphatic rings. The fraction of sp³-hybridized carbons (Fsp3) is 0.438. The minimum absolute atomic E-state index is 0.0188.